The summed E-state index contributed by atoms with van der Waals surface area (Å²) in [5.74, 6) is 0.439. The fraction of sp³-hybridized carbons (Fsp3) is 0.455. The van der Waals surface area contributed by atoms with E-state index in [1.165, 1.54) is 7.11 Å². The zero-order valence-corrected chi connectivity index (χ0v) is 11.3. The lowest BCUT2D eigenvalue weighted by atomic mass is 10.3. The molecule has 0 saturated heterocycles. The molecule has 0 aliphatic heterocycles. The Labute approximate surface area is 110 Å². The summed E-state index contributed by atoms with van der Waals surface area (Å²) < 4.78 is 4.56. The van der Waals surface area contributed by atoms with Gasteiger partial charge in [-0.05, 0) is 12.5 Å². The molecule has 0 spiro atoms. The molecule has 0 unspecified atom stereocenters. The summed E-state index contributed by atoms with van der Waals surface area (Å²) in [4.78, 5) is 17.0. The predicted octanol–water partition coefficient (Wildman–Crippen LogP) is 2.78. The summed E-state index contributed by atoms with van der Waals surface area (Å²) in [7, 11) is 3.24. The molecule has 1 aromatic rings. The third kappa shape index (κ3) is 4.40. The van der Waals surface area contributed by atoms with E-state index in [1.807, 2.05) is 11.9 Å². The van der Waals surface area contributed by atoms with Crippen LogP contribution in [0.1, 0.15) is 12.8 Å². The van der Waals surface area contributed by atoms with E-state index in [9.17, 15) is 4.79 Å². The van der Waals surface area contributed by atoms with Gasteiger partial charge >= 0.3 is 5.97 Å². The van der Waals surface area contributed by atoms with Crippen LogP contribution in [-0.4, -0.2) is 31.7 Å². The molecule has 1 aromatic heterocycles. The van der Waals surface area contributed by atoms with Gasteiger partial charge in [-0.25, -0.2) is 4.98 Å². The number of rotatable bonds is 5. The van der Waals surface area contributed by atoms with Gasteiger partial charge in [-0.1, -0.05) is 23.2 Å². The number of hydrogen-bond donors (Lipinski definition) is 0. The fourth-order valence-corrected chi connectivity index (χ4v) is 1.88. The van der Waals surface area contributed by atoms with Crippen molar-refractivity contribution in [2.24, 2.45) is 0 Å². The van der Waals surface area contributed by atoms with Gasteiger partial charge in [-0.3, -0.25) is 4.79 Å². The summed E-state index contributed by atoms with van der Waals surface area (Å²) in [5, 5.41) is 1.000. The number of carbonyl (C=O) groups excluding carboxylic acids is 1. The van der Waals surface area contributed by atoms with Crippen LogP contribution in [0.2, 0.25) is 10.0 Å². The molecule has 0 radical (unpaired) electrons. The topological polar surface area (TPSA) is 42.4 Å². The molecule has 1 heterocycles. The second-order valence-corrected chi connectivity index (χ2v) is 4.40. The third-order valence-corrected chi connectivity index (χ3v) is 2.74. The van der Waals surface area contributed by atoms with Crippen LogP contribution in [0.5, 0.6) is 0 Å². The Bertz CT molecular complexity index is 399. The molecular formula is C11H14Cl2N2O2. The number of aromatic nitrogens is 1. The van der Waals surface area contributed by atoms with Gasteiger partial charge in [0.1, 0.15) is 5.82 Å². The van der Waals surface area contributed by atoms with E-state index >= 15 is 0 Å². The molecule has 94 valence electrons. The maximum Gasteiger partial charge on any atom is 0.305 e. The van der Waals surface area contributed by atoms with Crippen molar-refractivity contribution in [1.29, 1.82) is 0 Å². The van der Waals surface area contributed by atoms with Crippen molar-refractivity contribution in [2.75, 3.05) is 25.6 Å². The maximum atomic E-state index is 10.9. The average Bonchev–Trinajstić information content (AvgIpc) is 2.28. The summed E-state index contributed by atoms with van der Waals surface area (Å²) in [6.07, 6.45) is 2.61. The van der Waals surface area contributed by atoms with Gasteiger partial charge in [0.25, 0.3) is 0 Å². The number of carbonyl (C=O) groups is 1. The van der Waals surface area contributed by atoms with E-state index in [4.69, 9.17) is 23.2 Å². The van der Waals surface area contributed by atoms with Gasteiger partial charge < -0.3 is 9.64 Å². The Kier molecular flexibility index (Phi) is 5.51. The zero-order valence-electron chi connectivity index (χ0n) is 9.74. The molecule has 0 N–H and O–H groups in total. The largest absolute Gasteiger partial charge is 0.469 e. The van der Waals surface area contributed by atoms with E-state index in [2.05, 4.69) is 9.72 Å². The number of ether oxygens (including phenoxy) is 1. The van der Waals surface area contributed by atoms with Crippen molar-refractivity contribution in [2.45, 2.75) is 12.8 Å². The zero-order chi connectivity index (χ0) is 12.8. The third-order valence-electron chi connectivity index (χ3n) is 2.25. The van der Waals surface area contributed by atoms with Gasteiger partial charge in [-0.15, -0.1) is 0 Å². The highest BCUT2D eigenvalue weighted by atomic mass is 35.5. The first-order valence-electron chi connectivity index (χ1n) is 5.13. The molecule has 0 fully saturated rings. The highest BCUT2D eigenvalue weighted by Crippen LogP contribution is 2.25. The van der Waals surface area contributed by atoms with Crippen molar-refractivity contribution < 1.29 is 9.53 Å². The Morgan fingerprint density at radius 1 is 1.53 bits per heavy atom. The minimum atomic E-state index is -0.214. The summed E-state index contributed by atoms with van der Waals surface area (Å²) >= 11 is 11.8. The lowest BCUT2D eigenvalue weighted by Gasteiger charge is -2.18. The SMILES string of the molecule is COC(=O)CCCN(C)c1ncc(Cl)cc1Cl. The van der Waals surface area contributed by atoms with Crippen molar-refractivity contribution in [3.63, 3.8) is 0 Å². The molecule has 0 saturated carbocycles. The van der Waals surface area contributed by atoms with Gasteiger partial charge in [0, 0.05) is 26.2 Å². The molecule has 0 aromatic carbocycles. The van der Waals surface area contributed by atoms with E-state index in [-0.39, 0.29) is 5.97 Å². The smallest absolute Gasteiger partial charge is 0.305 e. The van der Waals surface area contributed by atoms with E-state index < -0.39 is 0 Å². The van der Waals surface area contributed by atoms with Gasteiger partial charge in [-0.2, -0.15) is 0 Å². The molecule has 0 aliphatic carbocycles. The molecular weight excluding hydrogens is 263 g/mol. The Balaban J connectivity index is 2.52. The summed E-state index contributed by atoms with van der Waals surface area (Å²) in [6.45, 7) is 0.670. The van der Waals surface area contributed by atoms with Crippen LogP contribution < -0.4 is 4.90 Å². The lowest BCUT2D eigenvalue weighted by molar-refractivity contribution is -0.140. The van der Waals surface area contributed by atoms with Crippen LogP contribution >= 0.6 is 23.2 Å². The normalized spacial score (nSPS) is 10.1. The molecule has 0 atom stereocenters. The first-order chi connectivity index (χ1) is 8.04. The molecule has 17 heavy (non-hydrogen) atoms. The molecule has 6 heteroatoms. The lowest BCUT2D eigenvalue weighted by Crippen LogP contribution is -2.21. The van der Waals surface area contributed by atoms with Crippen molar-refractivity contribution in [1.82, 2.24) is 4.98 Å². The number of nitrogens with zero attached hydrogens (tertiary/aromatic N) is 2. The van der Waals surface area contributed by atoms with E-state index in [1.54, 1.807) is 12.3 Å². The van der Waals surface area contributed by atoms with Crippen molar-refractivity contribution >= 4 is 35.0 Å². The Morgan fingerprint density at radius 2 is 2.24 bits per heavy atom. The monoisotopic (exact) mass is 276 g/mol. The Hall–Kier alpha value is -1.000. The van der Waals surface area contributed by atoms with E-state index in [0.29, 0.717) is 35.2 Å². The van der Waals surface area contributed by atoms with Crippen LogP contribution in [0.25, 0.3) is 0 Å². The predicted molar refractivity (Wildman–Crippen MR) is 68.8 cm³/mol. The summed E-state index contributed by atoms with van der Waals surface area (Å²) in [6, 6.07) is 1.64. The van der Waals surface area contributed by atoms with Crippen LogP contribution in [-0.2, 0) is 9.53 Å². The maximum absolute atomic E-state index is 10.9. The molecule has 1 rings (SSSR count). The molecule has 4 nitrogen and oxygen atoms in total. The second-order valence-electron chi connectivity index (χ2n) is 3.56. The quantitative estimate of drug-likeness (QED) is 0.776. The van der Waals surface area contributed by atoms with Crippen molar-refractivity contribution in [3.05, 3.63) is 22.3 Å². The molecule has 0 amide bonds. The van der Waals surface area contributed by atoms with Crippen LogP contribution in [0.4, 0.5) is 5.82 Å². The molecule has 0 aliphatic rings. The standard InChI is InChI=1S/C11H14Cl2N2O2/c1-15(5-3-4-10(16)17-2)11-9(13)6-8(12)7-14-11/h6-7H,3-5H2,1-2H3. The van der Waals surface area contributed by atoms with Gasteiger partial charge in [0.05, 0.1) is 17.2 Å². The second kappa shape index (κ2) is 6.67. The van der Waals surface area contributed by atoms with E-state index in [0.717, 1.165) is 0 Å². The fourth-order valence-electron chi connectivity index (χ4n) is 1.36. The van der Waals surface area contributed by atoms with Gasteiger partial charge in [0.2, 0.25) is 0 Å². The minimum Gasteiger partial charge on any atom is -0.469 e. The van der Waals surface area contributed by atoms with Crippen LogP contribution in [0, 0.1) is 0 Å². The highest BCUT2D eigenvalue weighted by Gasteiger charge is 2.09. The number of anilines is 1. The number of halogens is 2. The first kappa shape index (κ1) is 14.1. The number of methoxy groups -OCH3 is 1. The number of pyridine rings is 1. The van der Waals surface area contributed by atoms with Crippen LogP contribution in [0.15, 0.2) is 12.3 Å². The summed E-state index contributed by atoms with van der Waals surface area (Å²) in [5.41, 5.74) is 0. The highest BCUT2D eigenvalue weighted by molar-refractivity contribution is 6.35. The minimum absolute atomic E-state index is 0.214. The average molecular weight is 277 g/mol. The van der Waals surface area contributed by atoms with Crippen LogP contribution in [0.3, 0.4) is 0 Å². The Morgan fingerprint density at radius 3 is 2.82 bits per heavy atom. The van der Waals surface area contributed by atoms with Gasteiger partial charge in [0.15, 0.2) is 0 Å². The number of esters is 1. The molecule has 0 bridgehead atoms. The number of hydrogen-bond acceptors (Lipinski definition) is 4. The first-order valence-corrected chi connectivity index (χ1v) is 5.89. The van der Waals surface area contributed by atoms with Crippen molar-refractivity contribution in [3.8, 4) is 0 Å².